The number of anilines is 1. The highest BCUT2D eigenvalue weighted by Crippen LogP contribution is 2.40. The minimum atomic E-state index is -2.56. The molecule has 0 radical (unpaired) electrons. The number of aromatic nitrogens is 4. The Kier molecular flexibility index (Phi) is 10.5. The monoisotopic (exact) mass is 528 g/mol. The Bertz CT molecular complexity index is 1040. The van der Waals surface area contributed by atoms with Crippen LogP contribution in [0.15, 0.2) is 6.33 Å². The van der Waals surface area contributed by atoms with Gasteiger partial charge in [0.05, 0.1) is 18.5 Å². The molecule has 11 nitrogen and oxygen atoms in total. The van der Waals surface area contributed by atoms with Crippen LogP contribution in [-0.4, -0.2) is 50.4 Å². The smallest absolute Gasteiger partial charge is 0.464 e. The zero-order chi connectivity index (χ0) is 26.1. The fourth-order valence-electron chi connectivity index (χ4n) is 4.04. The molecular formula is C23H36FN5O6P+. The normalized spacial score (nSPS) is 21.1. The van der Waals surface area contributed by atoms with Gasteiger partial charge in [-0.3, -0.25) is 4.57 Å². The van der Waals surface area contributed by atoms with Crippen LogP contribution < -0.4 is 5.73 Å². The van der Waals surface area contributed by atoms with Crippen LogP contribution in [0, 0.1) is 6.08 Å². The Labute approximate surface area is 211 Å². The first-order chi connectivity index (χ1) is 17.2. The summed E-state index contributed by atoms with van der Waals surface area (Å²) in [6.45, 7) is 5.75. The molecule has 0 spiro atoms. The Morgan fingerprint density at radius 1 is 1.31 bits per heavy atom. The summed E-state index contributed by atoms with van der Waals surface area (Å²) in [6, 6.07) is 0. The van der Waals surface area contributed by atoms with Crippen molar-refractivity contribution in [1.29, 1.82) is 0 Å². The van der Waals surface area contributed by atoms with E-state index in [9.17, 15) is 13.8 Å². The van der Waals surface area contributed by atoms with E-state index in [0.29, 0.717) is 19.4 Å². The lowest BCUT2D eigenvalue weighted by molar-refractivity contribution is -0.151. The van der Waals surface area contributed by atoms with Gasteiger partial charge < -0.3 is 15.2 Å². The maximum atomic E-state index is 13.6. The molecule has 200 valence electrons. The molecule has 4 atom stereocenters. The van der Waals surface area contributed by atoms with Gasteiger partial charge in [0.2, 0.25) is 6.10 Å². The second-order valence-electron chi connectivity index (χ2n) is 9.30. The predicted molar refractivity (Wildman–Crippen MR) is 131 cm³/mol. The van der Waals surface area contributed by atoms with Crippen molar-refractivity contribution in [3.63, 3.8) is 0 Å². The molecule has 2 N–H and O–H groups in total. The third-order valence-corrected chi connectivity index (χ3v) is 6.94. The first-order valence-electron chi connectivity index (χ1n) is 12.5. The standard InChI is InChI=1S/C23H36FN5O6P/c1-4-5-6-7-8-9-10-13-32-21(30)16(2)35-36(31)33-14-23(3)12-11-17(34-23)29-15-26-18-19(25)27-22(24)28-20(18)29/h15-17H,4-14H2,1-3H3,(H2,25,27,28)/q+1/t16-,17+,23-/m0/s1. The van der Waals surface area contributed by atoms with Crippen LogP contribution in [0.4, 0.5) is 10.2 Å². The zero-order valence-electron chi connectivity index (χ0n) is 21.2. The molecule has 0 amide bonds. The van der Waals surface area contributed by atoms with Crippen molar-refractivity contribution in [2.75, 3.05) is 18.9 Å². The van der Waals surface area contributed by atoms with Gasteiger partial charge in [-0.2, -0.15) is 14.4 Å². The van der Waals surface area contributed by atoms with Gasteiger partial charge in [0, 0.05) is 4.57 Å². The van der Waals surface area contributed by atoms with Gasteiger partial charge in [0.25, 0.3) is 0 Å². The Balaban J connectivity index is 1.38. The van der Waals surface area contributed by atoms with Crippen molar-refractivity contribution in [3.05, 3.63) is 12.4 Å². The Morgan fingerprint density at radius 2 is 2.03 bits per heavy atom. The molecule has 1 aliphatic rings. The molecular weight excluding hydrogens is 492 g/mol. The van der Waals surface area contributed by atoms with Crippen molar-refractivity contribution >= 4 is 31.2 Å². The zero-order valence-corrected chi connectivity index (χ0v) is 22.0. The van der Waals surface area contributed by atoms with Crippen LogP contribution in [0.3, 0.4) is 0 Å². The molecule has 2 aromatic rings. The number of nitrogen functional groups attached to an aromatic ring is 1. The van der Waals surface area contributed by atoms with Crippen LogP contribution in [0.2, 0.25) is 0 Å². The number of ether oxygens (including phenoxy) is 2. The molecule has 1 aliphatic heterocycles. The van der Waals surface area contributed by atoms with Gasteiger partial charge in [-0.05, 0) is 33.1 Å². The molecule has 0 aromatic carbocycles. The number of imidazole rings is 1. The molecule has 1 unspecified atom stereocenters. The largest absolute Gasteiger partial charge is 0.698 e. The van der Waals surface area contributed by atoms with Crippen LogP contribution >= 0.6 is 8.25 Å². The van der Waals surface area contributed by atoms with Gasteiger partial charge in [-0.25, -0.2) is 9.78 Å². The molecule has 1 fully saturated rings. The van der Waals surface area contributed by atoms with E-state index in [0.717, 1.165) is 19.3 Å². The first-order valence-corrected chi connectivity index (χ1v) is 13.6. The summed E-state index contributed by atoms with van der Waals surface area (Å²) in [5.74, 6) is -0.624. The molecule has 2 aromatic heterocycles. The molecule has 3 rings (SSSR count). The van der Waals surface area contributed by atoms with Crippen molar-refractivity contribution in [2.45, 2.75) is 96.5 Å². The topological polar surface area (TPSA) is 141 Å². The third-order valence-electron chi connectivity index (χ3n) is 6.12. The number of nitrogens with two attached hydrogens (primary N) is 1. The summed E-state index contributed by atoms with van der Waals surface area (Å²) in [4.78, 5) is 23.5. The van der Waals surface area contributed by atoms with E-state index in [1.54, 1.807) is 11.5 Å². The average Bonchev–Trinajstić information content (AvgIpc) is 3.43. The SMILES string of the molecule is CCCCCCCCCOC(=O)[C@H](C)O[P+](=O)OC[C@]1(C)CC[C@H](n2cnc3c(N)nc(F)nc32)O1. The first kappa shape index (κ1) is 28.3. The number of carbonyl (C=O) groups excluding carboxylic acids is 1. The number of hydrogen-bond acceptors (Lipinski definition) is 10. The lowest BCUT2D eigenvalue weighted by Crippen LogP contribution is -2.30. The predicted octanol–water partition coefficient (Wildman–Crippen LogP) is 4.99. The molecule has 13 heteroatoms. The number of nitrogens with zero attached hydrogens (tertiary/aromatic N) is 4. The number of carbonyl (C=O) groups is 1. The molecule has 1 saturated heterocycles. The van der Waals surface area contributed by atoms with Crippen molar-refractivity contribution in [2.24, 2.45) is 0 Å². The number of fused-ring (bicyclic) bond motifs is 1. The van der Waals surface area contributed by atoms with Gasteiger partial charge in [-0.1, -0.05) is 45.4 Å². The highest BCUT2D eigenvalue weighted by Gasteiger charge is 2.42. The number of rotatable bonds is 15. The Hall–Kier alpha value is -2.27. The van der Waals surface area contributed by atoms with Crippen LogP contribution in [0.1, 0.15) is 84.8 Å². The number of esters is 1. The summed E-state index contributed by atoms with van der Waals surface area (Å²) >= 11 is 0. The molecule has 0 aliphatic carbocycles. The number of unbranched alkanes of at least 4 members (excludes halogenated alkanes) is 6. The van der Waals surface area contributed by atoms with E-state index < -0.39 is 38.2 Å². The van der Waals surface area contributed by atoms with Gasteiger partial charge in [0.15, 0.2) is 17.0 Å². The highest BCUT2D eigenvalue weighted by molar-refractivity contribution is 7.33. The molecule has 3 heterocycles. The maximum absolute atomic E-state index is 13.6. The highest BCUT2D eigenvalue weighted by atomic mass is 31.1. The maximum Gasteiger partial charge on any atom is 0.698 e. The van der Waals surface area contributed by atoms with E-state index in [-0.39, 0.29) is 23.6 Å². The van der Waals surface area contributed by atoms with E-state index in [4.69, 9.17) is 24.3 Å². The van der Waals surface area contributed by atoms with E-state index >= 15 is 0 Å². The fraction of sp³-hybridized carbons (Fsp3) is 0.739. The van der Waals surface area contributed by atoms with Crippen molar-refractivity contribution < 1.29 is 32.3 Å². The minimum absolute atomic E-state index is 0.0311. The van der Waals surface area contributed by atoms with E-state index in [2.05, 4.69) is 21.9 Å². The molecule has 0 bridgehead atoms. The van der Waals surface area contributed by atoms with E-state index in [1.807, 2.05) is 0 Å². The lowest BCUT2D eigenvalue weighted by Gasteiger charge is -2.22. The summed E-state index contributed by atoms with van der Waals surface area (Å²) in [5, 5.41) is 0. The number of hydrogen-bond donors (Lipinski definition) is 1. The second-order valence-corrected chi connectivity index (χ2v) is 10.2. The van der Waals surface area contributed by atoms with Crippen LogP contribution in [-0.2, 0) is 27.9 Å². The van der Waals surface area contributed by atoms with Gasteiger partial charge >= 0.3 is 20.3 Å². The molecule has 36 heavy (non-hydrogen) atoms. The van der Waals surface area contributed by atoms with Gasteiger partial charge in [-0.15, -0.1) is 9.05 Å². The summed E-state index contributed by atoms with van der Waals surface area (Å²) < 4.78 is 49.3. The second kappa shape index (κ2) is 13.3. The minimum Gasteiger partial charge on any atom is -0.464 e. The quantitative estimate of drug-likeness (QED) is 0.145. The van der Waals surface area contributed by atoms with E-state index in [1.165, 1.54) is 38.9 Å². The third kappa shape index (κ3) is 7.86. The molecule has 0 saturated carbocycles. The van der Waals surface area contributed by atoms with Crippen LogP contribution in [0.25, 0.3) is 11.2 Å². The fourth-order valence-corrected chi connectivity index (χ4v) is 4.82. The average molecular weight is 529 g/mol. The number of halogens is 1. The van der Waals surface area contributed by atoms with Crippen molar-refractivity contribution in [3.8, 4) is 0 Å². The summed E-state index contributed by atoms with van der Waals surface area (Å²) in [7, 11) is -2.56. The summed E-state index contributed by atoms with van der Waals surface area (Å²) in [5.41, 5.74) is 5.45. The van der Waals surface area contributed by atoms with Crippen LogP contribution in [0.5, 0.6) is 0 Å². The summed E-state index contributed by atoms with van der Waals surface area (Å²) in [6.07, 6.45) is 7.98. The van der Waals surface area contributed by atoms with Gasteiger partial charge in [0.1, 0.15) is 12.8 Å². The lowest BCUT2D eigenvalue weighted by atomic mass is 10.0. The van der Waals surface area contributed by atoms with Crippen molar-refractivity contribution in [1.82, 2.24) is 19.5 Å². The Morgan fingerprint density at radius 3 is 2.78 bits per heavy atom.